The van der Waals surface area contributed by atoms with E-state index in [9.17, 15) is 4.39 Å². The van der Waals surface area contributed by atoms with Gasteiger partial charge in [0.05, 0.1) is 0 Å². The van der Waals surface area contributed by atoms with Crippen molar-refractivity contribution in [1.82, 2.24) is 9.97 Å². The predicted octanol–water partition coefficient (Wildman–Crippen LogP) is 2.09. The summed E-state index contributed by atoms with van der Waals surface area (Å²) in [5.41, 5.74) is 6.76. The summed E-state index contributed by atoms with van der Waals surface area (Å²) in [5, 5.41) is 0. The third-order valence-electron chi connectivity index (χ3n) is 2.30. The number of halogens is 1. The number of nitrogens with zero attached hydrogens (tertiary/aromatic N) is 2. The first kappa shape index (κ1) is 11.3. The van der Waals surface area contributed by atoms with Gasteiger partial charge in [0.2, 0.25) is 0 Å². The molecular weight excluding hydrogens is 221 g/mol. The maximum atomic E-state index is 13.5. The largest absolute Gasteiger partial charge is 0.483 e. The molecule has 2 aromatic rings. The molecule has 17 heavy (non-hydrogen) atoms. The molecule has 0 aliphatic rings. The minimum absolute atomic E-state index is 0.126. The van der Waals surface area contributed by atoms with Crippen LogP contribution in [0.15, 0.2) is 30.6 Å². The van der Waals surface area contributed by atoms with Crippen molar-refractivity contribution in [2.75, 3.05) is 5.73 Å². The molecule has 88 valence electrons. The highest BCUT2D eigenvalue weighted by molar-refractivity contribution is 5.50. The van der Waals surface area contributed by atoms with E-state index in [4.69, 9.17) is 10.5 Å². The Morgan fingerprint density at radius 3 is 2.71 bits per heavy atom. The van der Waals surface area contributed by atoms with E-state index in [-0.39, 0.29) is 12.4 Å². The van der Waals surface area contributed by atoms with Gasteiger partial charge in [-0.05, 0) is 24.6 Å². The fourth-order valence-electron chi connectivity index (χ4n) is 1.33. The minimum Gasteiger partial charge on any atom is -0.483 e. The van der Waals surface area contributed by atoms with Crippen LogP contribution in [0, 0.1) is 12.7 Å². The van der Waals surface area contributed by atoms with Gasteiger partial charge < -0.3 is 10.5 Å². The number of rotatable bonds is 3. The van der Waals surface area contributed by atoms with Crippen molar-refractivity contribution < 1.29 is 9.13 Å². The fourth-order valence-corrected chi connectivity index (χ4v) is 1.33. The van der Waals surface area contributed by atoms with Gasteiger partial charge in [0.15, 0.2) is 17.4 Å². The summed E-state index contributed by atoms with van der Waals surface area (Å²) in [6.45, 7) is 1.92. The van der Waals surface area contributed by atoms with Crippen molar-refractivity contribution >= 4 is 5.69 Å². The van der Waals surface area contributed by atoms with Crippen LogP contribution >= 0.6 is 0 Å². The van der Waals surface area contributed by atoms with E-state index >= 15 is 0 Å². The van der Waals surface area contributed by atoms with Gasteiger partial charge >= 0.3 is 0 Å². The lowest BCUT2D eigenvalue weighted by atomic mass is 10.2. The molecule has 0 fully saturated rings. The van der Waals surface area contributed by atoms with Crippen molar-refractivity contribution in [3.8, 4) is 5.75 Å². The zero-order valence-electron chi connectivity index (χ0n) is 9.35. The molecule has 1 aromatic heterocycles. The molecule has 1 aromatic carbocycles. The van der Waals surface area contributed by atoms with Gasteiger partial charge in [0.1, 0.15) is 6.61 Å². The van der Waals surface area contributed by atoms with Crippen molar-refractivity contribution in [1.29, 1.82) is 0 Å². The molecule has 0 saturated heterocycles. The Bertz CT molecular complexity index is 517. The van der Waals surface area contributed by atoms with Gasteiger partial charge in [0.25, 0.3) is 0 Å². The van der Waals surface area contributed by atoms with Crippen LogP contribution in [-0.4, -0.2) is 9.97 Å². The lowest BCUT2D eigenvalue weighted by molar-refractivity contribution is 0.281. The van der Waals surface area contributed by atoms with Crippen LogP contribution in [0.5, 0.6) is 5.75 Å². The number of aromatic nitrogens is 2. The Morgan fingerprint density at radius 1 is 1.29 bits per heavy atom. The Hall–Kier alpha value is -2.17. The highest BCUT2D eigenvalue weighted by Crippen LogP contribution is 2.23. The average Bonchev–Trinajstić information content (AvgIpc) is 2.33. The van der Waals surface area contributed by atoms with E-state index in [0.717, 1.165) is 5.56 Å². The summed E-state index contributed by atoms with van der Waals surface area (Å²) in [5.74, 6) is 0.176. The van der Waals surface area contributed by atoms with Gasteiger partial charge in [0, 0.05) is 24.1 Å². The molecule has 4 nitrogen and oxygen atoms in total. The predicted molar refractivity (Wildman–Crippen MR) is 61.9 cm³/mol. The first-order valence-corrected chi connectivity index (χ1v) is 5.11. The van der Waals surface area contributed by atoms with Gasteiger partial charge in [-0.15, -0.1) is 0 Å². The first-order chi connectivity index (χ1) is 8.16. The number of anilines is 1. The van der Waals surface area contributed by atoms with E-state index in [0.29, 0.717) is 11.5 Å². The number of hydrogen-bond acceptors (Lipinski definition) is 4. The second kappa shape index (κ2) is 4.78. The summed E-state index contributed by atoms with van der Waals surface area (Å²) in [7, 11) is 0. The molecule has 0 spiro atoms. The van der Waals surface area contributed by atoms with Crippen molar-refractivity contribution in [3.05, 3.63) is 47.8 Å². The fraction of sp³-hybridized carbons (Fsp3) is 0.167. The maximum absolute atomic E-state index is 13.5. The molecule has 0 atom stereocenters. The van der Waals surface area contributed by atoms with Gasteiger partial charge in [-0.3, -0.25) is 0 Å². The third-order valence-corrected chi connectivity index (χ3v) is 2.30. The molecule has 0 aliphatic carbocycles. The summed E-state index contributed by atoms with van der Waals surface area (Å²) >= 11 is 0. The van der Waals surface area contributed by atoms with Crippen LogP contribution in [0.4, 0.5) is 10.1 Å². The number of benzene rings is 1. The number of hydrogen-bond donors (Lipinski definition) is 1. The quantitative estimate of drug-likeness (QED) is 0.824. The topological polar surface area (TPSA) is 61.0 Å². The molecule has 2 N–H and O–H groups in total. The molecule has 1 heterocycles. The van der Waals surface area contributed by atoms with Crippen LogP contribution in [0.3, 0.4) is 0 Å². The van der Waals surface area contributed by atoms with E-state index in [1.807, 2.05) is 0 Å². The monoisotopic (exact) mass is 233 g/mol. The maximum Gasteiger partial charge on any atom is 0.167 e. The summed E-state index contributed by atoms with van der Waals surface area (Å²) in [4.78, 5) is 7.96. The molecule has 0 aliphatic heterocycles. The average molecular weight is 233 g/mol. The second-order valence-electron chi connectivity index (χ2n) is 3.59. The van der Waals surface area contributed by atoms with Crippen LogP contribution in [0.25, 0.3) is 0 Å². The smallest absolute Gasteiger partial charge is 0.167 e. The summed E-state index contributed by atoms with van der Waals surface area (Å²) in [6.07, 6.45) is 3.21. The van der Waals surface area contributed by atoms with Crippen LogP contribution in [0.2, 0.25) is 0 Å². The SMILES string of the molecule is Cc1cc(OCc2ncccn2)c(F)cc1N. The number of aryl methyl sites for hydroxylation is 1. The van der Waals surface area contributed by atoms with E-state index in [1.165, 1.54) is 6.07 Å². The van der Waals surface area contributed by atoms with E-state index in [2.05, 4.69) is 9.97 Å². The van der Waals surface area contributed by atoms with Crippen molar-refractivity contribution in [2.45, 2.75) is 13.5 Å². The number of nitrogen functional groups attached to an aromatic ring is 1. The third kappa shape index (κ3) is 2.69. The zero-order chi connectivity index (χ0) is 12.3. The van der Waals surface area contributed by atoms with E-state index < -0.39 is 5.82 Å². The Balaban J connectivity index is 2.12. The molecule has 5 heteroatoms. The summed E-state index contributed by atoms with van der Waals surface area (Å²) < 4.78 is 18.8. The lowest BCUT2D eigenvalue weighted by Crippen LogP contribution is -2.02. The highest BCUT2D eigenvalue weighted by Gasteiger charge is 2.07. The normalized spacial score (nSPS) is 10.2. The highest BCUT2D eigenvalue weighted by atomic mass is 19.1. The minimum atomic E-state index is -0.482. The standard InChI is InChI=1S/C12H12FN3O/c1-8-5-11(9(13)6-10(8)14)17-7-12-15-3-2-4-16-12/h2-6H,7,14H2,1H3. The Morgan fingerprint density at radius 2 is 2.00 bits per heavy atom. The summed E-state index contributed by atoms with van der Waals surface area (Å²) in [6, 6.07) is 4.52. The molecule has 2 rings (SSSR count). The molecule has 0 saturated carbocycles. The van der Waals surface area contributed by atoms with Gasteiger partial charge in [-0.1, -0.05) is 0 Å². The number of ether oxygens (including phenoxy) is 1. The molecule has 0 unspecified atom stereocenters. The van der Waals surface area contributed by atoms with Gasteiger partial charge in [-0.25, -0.2) is 14.4 Å². The van der Waals surface area contributed by atoms with Crippen LogP contribution < -0.4 is 10.5 Å². The molecule has 0 amide bonds. The number of nitrogens with two attached hydrogens (primary N) is 1. The zero-order valence-corrected chi connectivity index (χ0v) is 9.35. The van der Waals surface area contributed by atoms with Crippen LogP contribution in [-0.2, 0) is 6.61 Å². The first-order valence-electron chi connectivity index (χ1n) is 5.11. The Labute approximate surface area is 98.3 Å². The lowest BCUT2D eigenvalue weighted by Gasteiger charge is -2.08. The van der Waals surface area contributed by atoms with E-state index in [1.54, 1.807) is 31.5 Å². The van der Waals surface area contributed by atoms with Crippen molar-refractivity contribution in [3.63, 3.8) is 0 Å². The van der Waals surface area contributed by atoms with Crippen molar-refractivity contribution in [2.24, 2.45) is 0 Å². The molecular formula is C12H12FN3O. The Kier molecular flexibility index (Phi) is 3.18. The van der Waals surface area contributed by atoms with Crippen LogP contribution in [0.1, 0.15) is 11.4 Å². The molecule has 0 bridgehead atoms. The molecule has 0 radical (unpaired) electrons. The second-order valence-corrected chi connectivity index (χ2v) is 3.59. The van der Waals surface area contributed by atoms with Gasteiger partial charge in [-0.2, -0.15) is 0 Å².